The average molecular weight is 527 g/mol. The zero-order chi connectivity index (χ0) is 25.0. The molecule has 0 bridgehead atoms. The van der Waals surface area contributed by atoms with Crippen molar-refractivity contribution in [1.82, 2.24) is 0 Å². The highest BCUT2D eigenvalue weighted by atomic mass is 35.5. The molecule has 3 rings (SSSR count). The molecule has 0 saturated carbocycles. The quantitative estimate of drug-likeness (QED) is 0.465. The van der Waals surface area contributed by atoms with Gasteiger partial charge in [0.2, 0.25) is 5.91 Å². The summed E-state index contributed by atoms with van der Waals surface area (Å²) < 4.78 is 28.8. The maximum Gasteiger partial charge on any atom is 0.341 e. The fraction of sp³-hybridized carbons (Fsp3) is 0.435. The Labute approximate surface area is 207 Å². The van der Waals surface area contributed by atoms with Gasteiger partial charge in [-0.3, -0.25) is 9.59 Å². The van der Waals surface area contributed by atoms with Crippen molar-refractivity contribution in [2.75, 3.05) is 23.5 Å². The van der Waals surface area contributed by atoms with E-state index < -0.39 is 28.3 Å². The first-order valence-electron chi connectivity index (χ1n) is 11.0. The lowest BCUT2D eigenvalue weighted by Crippen LogP contribution is -2.24. The van der Waals surface area contributed by atoms with Crippen molar-refractivity contribution < 1.29 is 27.5 Å². The molecule has 1 aromatic carbocycles. The molecule has 0 fully saturated rings. The Bertz CT molecular complexity index is 1220. The molecule has 2 N–H and O–H groups in total. The van der Waals surface area contributed by atoms with E-state index in [0.29, 0.717) is 29.8 Å². The number of benzene rings is 1. The molecule has 0 spiro atoms. The van der Waals surface area contributed by atoms with Gasteiger partial charge in [0.15, 0.2) is 16.4 Å². The van der Waals surface area contributed by atoms with E-state index in [1.54, 1.807) is 0 Å². The molecule has 1 aromatic heterocycles. The second kappa shape index (κ2) is 10.9. The summed E-state index contributed by atoms with van der Waals surface area (Å²) in [7, 11) is -3.49. The summed E-state index contributed by atoms with van der Waals surface area (Å²) in [5, 5.41) is 5.96. The molecule has 34 heavy (non-hydrogen) atoms. The number of carbonyl (C=O) groups excluding carboxylic acids is 3. The molecule has 2 amide bonds. The number of rotatable bonds is 9. The first kappa shape index (κ1) is 26.2. The highest BCUT2D eigenvalue weighted by Crippen LogP contribution is 2.40. The molecule has 0 aliphatic heterocycles. The van der Waals surface area contributed by atoms with Gasteiger partial charge >= 0.3 is 5.97 Å². The Morgan fingerprint density at radius 1 is 1.15 bits per heavy atom. The van der Waals surface area contributed by atoms with Gasteiger partial charge < -0.3 is 15.4 Å². The van der Waals surface area contributed by atoms with Gasteiger partial charge in [-0.2, -0.15) is 0 Å². The number of esters is 1. The third kappa shape index (κ3) is 5.97. The van der Waals surface area contributed by atoms with E-state index >= 15 is 0 Å². The topological polar surface area (TPSA) is 119 Å². The fourth-order valence-corrected chi connectivity index (χ4v) is 5.89. The van der Waals surface area contributed by atoms with Crippen LogP contribution in [0.2, 0.25) is 5.02 Å². The van der Waals surface area contributed by atoms with Crippen LogP contribution in [-0.2, 0) is 37.0 Å². The second-order valence-corrected chi connectivity index (χ2v) is 11.6. The summed E-state index contributed by atoms with van der Waals surface area (Å²) in [5.41, 5.74) is 1.26. The highest BCUT2D eigenvalue weighted by Gasteiger charge is 2.29. The summed E-state index contributed by atoms with van der Waals surface area (Å²) in [6.07, 6.45) is 4.88. The number of hydrogen-bond donors (Lipinski definition) is 2. The maximum absolute atomic E-state index is 12.9. The van der Waals surface area contributed by atoms with E-state index in [2.05, 4.69) is 10.6 Å². The van der Waals surface area contributed by atoms with Crippen molar-refractivity contribution in [1.29, 1.82) is 0 Å². The van der Waals surface area contributed by atoms with E-state index in [1.807, 2.05) is 13.8 Å². The largest absolute Gasteiger partial charge is 0.452 e. The number of hydrogen-bond acceptors (Lipinski definition) is 7. The lowest BCUT2D eigenvalue weighted by Gasteiger charge is -2.13. The number of carbonyl (C=O) groups is 3. The van der Waals surface area contributed by atoms with Crippen molar-refractivity contribution in [3.8, 4) is 0 Å². The number of aryl methyl sites for hydroxylation is 1. The van der Waals surface area contributed by atoms with Crippen LogP contribution >= 0.6 is 22.9 Å². The molecule has 2 aromatic rings. The number of ether oxygens (including phenoxy) is 1. The van der Waals surface area contributed by atoms with Gasteiger partial charge in [-0.1, -0.05) is 25.4 Å². The predicted octanol–water partition coefficient (Wildman–Crippen LogP) is 4.46. The minimum absolute atomic E-state index is 0.00382. The van der Waals surface area contributed by atoms with Crippen LogP contribution in [0.25, 0.3) is 0 Å². The summed E-state index contributed by atoms with van der Waals surface area (Å²) >= 11 is 7.44. The molecule has 0 saturated heterocycles. The van der Waals surface area contributed by atoms with Gasteiger partial charge in [-0.15, -0.1) is 11.3 Å². The van der Waals surface area contributed by atoms with E-state index in [1.165, 1.54) is 29.5 Å². The Hall–Kier alpha value is -2.43. The van der Waals surface area contributed by atoms with Crippen LogP contribution in [0, 0.1) is 5.92 Å². The third-order valence-corrected chi connectivity index (χ3v) is 8.34. The van der Waals surface area contributed by atoms with Crippen LogP contribution in [0.1, 0.15) is 53.9 Å². The molecular weight excluding hydrogens is 500 g/mol. The number of nitrogens with one attached hydrogen (secondary N) is 2. The summed E-state index contributed by atoms with van der Waals surface area (Å²) in [6, 6.07) is 3.94. The number of halogens is 1. The van der Waals surface area contributed by atoms with E-state index in [9.17, 15) is 22.8 Å². The third-order valence-electron chi connectivity index (χ3n) is 5.69. The van der Waals surface area contributed by atoms with Gasteiger partial charge in [0.25, 0.3) is 5.91 Å². The minimum Gasteiger partial charge on any atom is -0.452 e. The zero-order valence-electron chi connectivity index (χ0n) is 19.2. The first-order chi connectivity index (χ1) is 16.0. The number of anilines is 2. The molecular formula is C23H27ClN2O6S2. The first-order valence-corrected chi connectivity index (χ1v) is 14.1. The number of sulfone groups is 1. The molecule has 1 aliphatic carbocycles. The maximum atomic E-state index is 12.9. The van der Waals surface area contributed by atoms with Gasteiger partial charge in [-0.05, 0) is 55.9 Å². The Kier molecular flexibility index (Phi) is 8.38. The van der Waals surface area contributed by atoms with Crippen LogP contribution in [-0.4, -0.2) is 39.1 Å². The molecule has 0 atom stereocenters. The predicted molar refractivity (Wildman–Crippen MR) is 133 cm³/mol. The Balaban J connectivity index is 1.72. The summed E-state index contributed by atoms with van der Waals surface area (Å²) in [6.45, 7) is 3.28. The van der Waals surface area contributed by atoms with Gasteiger partial charge in [-0.25, -0.2) is 13.2 Å². The second-order valence-electron chi connectivity index (χ2n) is 8.10. The highest BCUT2D eigenvalue weighted by molar-refractivity contribution is 7.90. The Morgan fingerprint density at radius 3 is 2.50 bits per heavy atom. The van der Waals surface area contributed by atoms with Crippen molar-refractivity contribution in [2.24, 2.45) is 5.92 Å². The fourth-order valence-electron chi connectivity index (χ4n) is 3.80. The lowest BCUT2D eigenvalue weighted by atomic mass is 10.0. The monoisotopic (exact) mass is 526 g/mol. The normalized spacial score (nSPS) is 13.0. The molecule has 8 nitrogen and oxygen atoms in total. The number of amides is 2. The molecule has 0 radical (unpaired) electrons. The van der Waals surface area contributed by atoms with Crippen LogP contribution in [0.5, 0.6) is 0 Å². The van der Waals surface area contributed by atoms with Crippen molar-refractivity contribution in [2.45, 2.75) is 50.8 Å². The van der Waals surface area contributed by atoms with Crippen LogP contribution in [0.15, 0.2) is 23.1 Å². The molecule has 1 heterocycles. The van der Waals surface area contributed by atoms with Crippen molar-refractivity contribution in [3.63, 3.8) is 0 Å². The smallest absolute Gasteiger partial charge is 0.341 e. The van der Waals surface area contributed by atoms with E-state index in [4.69, 9.17) is 16.3 Å². The molecule has 0 unspecified atom stereocenters. The number of thiophene rings is 1. The van der Waals surface area contributed by atoms with Crippen molar-refractivity contribution in [3.05, 3.63) is 39.2 Å². The van der Waals surface area contributed by atoms with E-state index in [0.717, 1.165) is 29.5 Å². The molecule has 11 heteroatoms. The van der Waals surface area contributed by atoms with E-state index in [-0.39, 0.29) is 27.4 Å². The lowest BCUT2D eigenvalue weighted by molar-refractivity contribution is -0.120. The van der Waals surface area contributed by atoms with Gasteiger partial charge in [0.1, 0.15) is 5.00 Å². The summed E-state index contributed by atoms with van der Waals surface area (Å²) in [4.78, 5) is 39.0. The number of fused-ring (bicyclic) bond motifs is 1. The SMILES string of the molecule is CCC(CC)C(=O)Nc1sc2c(c1C(=O)OCC(=O)Nc1cc(S(C)(=O)=O)ccc1Cl)CCC2. The zero-order valence-corrected chi connectivity index (χ0v) is 21.6. The standard InChI is InChI=1S/C23H27ClN2O6S2/c1-4-13(5-2)21(28)26-22-20(15-7-6-8-18(15)33-22)23(29)32-12-19(27)25-17-11-14(34(3,30)31)9-10-16(17)24/h9-11,13H,4-8,12H2,1-3H3,(H,25,27)(H,26,28). The van der Waals surface area contributed by atoms with Gasteiger partial charge in [0, 0.05) is 17.1 Å². The van der Waals surface area contributed by atoms with Crippen LogP contribution in [0.3, 0.4) is 0 Å². The molecule has 184 valence electrons. The van der Waals surface area contributed by atoms with Crippen LogP contribution in [0.4, 0.5) is 10.7 Å². The summed E-state index contributed by atoms with van der Waals surface area (Å²) in [5.74, 6) is -1.66. The van der Waals surface area contributed by atoms with Crippen molar-refractivity contribution >= 4 is 61.2 Å². The van der Waals surface area contributed by atoms with Gasteiger partial charge in [0.05, 0.1) is 21.2 Å². The Morgan fingerprint density at radius 2 is 1.85 bits per heavy atom. The minimum atomic E-state index is -3.49. The molecule has 1 aliphatic rings. The van der Waals surface area contributed by atoms with Crippen LogP contribution < -0.4 is 10.6 Å². The average Bonchev–Trinajstić information content (AvgIpc) is 3.34.